The van der Waals surface area contributed by atoms with Crippen LogP contribution >= 0.6 is 11.8 Å². The lowest BCUT2D eigenvalue weighted by Gasteiger charge is -2.28. The first-order valence-electron chi connectivity index (χ1n) is 9.53. The third-order valence-corrected chi connectivity index (χ3v) is 6.49. The fourth-order valence-electron chi connectivity index (χ4n) is 3.43. The minimum Gasteiger partial charge on any atom is -0.270 e. The zero-order valence-electron chi connectivity index (χ0n) is 16.1. The number of nitrogens with zero attached hydrogens (tertiary/aromatic N) is 1. The SMILES string of the molecule is Cc1ccc(C2=N[C@H](c3ccc(C)cc3)C[C@@H](c3ccc(C)cc3)S2)cc1. The minimum atomic E-state index is 0.203. The summed E-state index contributed by atoms with van der Waals surface area (Å²) in [6.45, 7) is 6.41. The van der Waals surface area contributed by atoms with Gasteiger partial charge < -0.3 is 0 Å². The first-order chi connectivity index (χ1) is 13.1. The van der Waals surface area contributed by atoms with Crippen LogP contribution < -0.4 is 0 Å². The van der Waals surface area contributed by atoms with E-state index in [4.69, 9.17) is 4.99 Å². The third-order valence-electron chi connectivity index (χ3n) is 5.17. The molecule has 27 heavy (non-hydrogen) atoms. The van der Waals surface area contributed by atoms with Crippen molar-refractivity contribution < 1.29 is 0 Å². The van der Waals surface area contributed by atoms with Gasteiger partial charge in [0.05, 0.1) is 11.1 Å². The molecule has 0 aromatic heterocycles. The Bertz CT molecular complexity index is 937. The molecule has 3 aromatic carbocycles. The highest BCUT2D eigenvalue weighted by Gasteiger charge is 2.27. The predicted molar refractivity (Wildman–Crippen MR) is 118 cm³/mol. The van der Waals surface area contributed by atoms with Crippen molar-refractivity contribution in [3.8, 4) is 0 Å². The molecule has 2 atom stereocenters. The molecular weight excluding hydrogens is 346 g/mol. The van der Waals surface area contributed by atoms with Crippen molar-refractivity contribution in [2.75, 3.05) is 0 Å². The van der Waals surface area contributed by atoms with Gasteiger partial charge in [-0.2, -0.15) is 0 Å². The van der Waals surface area contributed by atoms with Crippen molar-refractivity contribution in [3.05, 3.63) is 106 Å². The van der Waals surface area contributed by atoms with Crippen molar-refractivity contribution in [1.82, 2.24) is 0 Å². The molecule has 0 fully saturated rings. The summed E-state index contributed by atoms with van der Waals surface area (Å²) in [4.78, 5) is 5.15. The number of hydrogen-bond donors (Lipinski definition) is 0. The molecule has 0 saturated carbocycles. The quantitative estimate of drug-likeness (QED) is 0.484. The highest BCUT2D eigenvalue weighted by molar-refractivity contribution is 8.14. The molecule has 0 spiro atoms. The van der Waals surface area contributed by atoms with Crippen LogP contribution in [0.2, 0.25) is 0 Å². The van der Waals surface area contributed by atoms with Gasteiger partial charge in [-0.15, -0.1) is 0 Å². The smallest absolute Gasteiger partial charge is 0.0990 e. The average Bonchev–Trinajstić information content (AvgIpc) is 2.69. The van der Waals surface area contributed by atoms with Crippen molar-refractivity contribution >= 4 is 16.8 Å². The normalized spacial score (nSPS) is 19.6. The number of benzene rings is 3. The van der Waals surface area contributed by atoms with Gasteiger partial charge >= 0.3 is 0 Å². The van der Waals surface area contributed by atoms with Crippen LogP contribution in [0.1, 0.15) is 51.1 Å². The molecule has 4 rings (SSSR count). The molecular formula is C25H25NS. The highest BCUT2D eigenvalue weighted by Crippen LogP contribution is 2.45. The summed E-state index contributed by atoms with van der Waals surface area (Å²) < 4.78 is 0. The summed E-state index contributed by atoms with van der Waals surface area (Å²) in [5.41, 5.74) is 7.80. The van der Waals surface area contributed by atoms with Crippen LogP contribution in [-0.4, -0.2) is 5.04 Å². The predicted octanol–water partition coefficient (Wildman–Crippen LogP) is 6.98. The zero-order valence-corrected chi connectivity index (χ0v) is 17.0. The van der Waals surface area contributed by atoms with Crippen LogP contribution in [0.15, 0.2) is 77.8 Å². The minimum absolute atomic E-state index is 0.203. The molecule has 1 nitrogen and oxygen atoms in total. The second-order valence-electron chi connectivity index (χ2n) is 7.48. The first kappa shape index (κ1) is 18.1. The Labute approximate surface area is 166 Å². The Morgan fingerprint density at radius 1 is 0.667 bits per heavy atom. The second kappa shape index (κ2) is 7.74. The van der Waals surface area contributed by atoms with Crippen LogP contribution in [0.3, 0.4) is 0 Å². The van der Waals surface area contributed by atoms with Gasteiger partial charge in [0.1, 0.15) is 0 Å². The first-order valence-corrected chi connectivity index (χ1v) is 10.4. The van der Waals surface area contributed by atoms with Crippen LogP contribution in [0.25, 0.3) is 0 Å². The number of aliphatic imine (C=N–C) groups is 1. The van der Waals surface area contributed by atoms with E-state index in [1.807, 2.05) is 11.8 Å². The fourth-order valence-corrected chi connectivity index (χ4v) is 4.73. The van der Waals surface area contributed by atoms with Gasteiger partial charge in [-0.25, -0.2) is 0 Å². The Morgan fingerprint density at radius 3 is 1.70 bits per heavy atom. The summed E-state index contributed by atoms with van der Waals surface area (Å²) in [7, 11) is 0. The molecule has 0 unspecified atom stereocenters. The molecule has 1 aliphatic heterocycles. The van der Waals surface area contributed by atoms with Crippen LogP contribution in [0, 0.1) is 20.8 Å². The average molecular weight is 372 g/mol. The molecule has 0 aliphatic carbocycles. The van der Waals surface area contributed by atoms with E-state index in [9.17, 15) is 0 Å². The molecule has 136 valence electrons. The van der Waals surface area contributed by atoms with E-state index >= 15 is 0 Å². The Balaban J connectivity index is 1.72. The molecule has 1 aliphatic rings. The molecule has 0 bridgehead atoms. The summed E-state index contributed by atoms with van der Waals surface area (Å²) in [6, 6.07) is 26.8. The number of rotatable bonds is 3. The van der Waals surface area contributed by atoms with Crippen LogP contribution in [0.4, 0.5) is 0 Å². The van der Waals surface area contributed by atoms with Gasteiger partial charge in [-0.3, -0.25) is 4.99 Å². The van der Waals surface area contributed by atoms with Crippen molar-refractivity contribution in [2.24, 2.45) is 4.99 Å². The van der Waals surface area contributed by atoms with E-state index in [0.717, 1.165) is 11.5 Å². The summed E-state index contributed by atoms with van der Waals surface area (Å²) in [5.74, 6) is 0. The van der Waals surface area contributed by atoms with E-state index in [1.165, 1.54) is 33.4 Å². The van der Waals surface area contributed by atoms with Crippen LogP contribution in [0.5, 0.6) is 0 Å². The van der Waals surface area contributed by atoms with Crippen LogP contribution in [-0.2, 0) is 0 Å². The Hall–Kier alpha value is -2.32. The number of thioether (sulfide) groups is 1. The summed E-state index contributed by atoms with van der Waals surface area (Å²) in [5, 5.41) is 1.57. The highest BCUT2D eigenvalue weighted by atomic mass is 32.2. The van der Waals surface area contributed by atoms with Gasteiger partial charge in [-0.05, 0) is 38.3 Å². The van der Waals surface area contributed by atoms with Gasteiger partial charge in [0.2, 0.25) is 0 Å². The molecule has 0 saturated heterocycles. The summed E-state index contributed by atoms with van der Waals surface area (Å²) in [6.07, 6.45) is 1.03. The maximum absolute atomic E-state index is 5.15. The van der Waals surface area contributed by atoms with E-state index < -0.39 is 0 Å². The lowest BCUT2D eigenvalue weighted by Crippen LogP contribution is -2.14. The topological polar surface area (TPSA) is 12.4 Å². The molecule has 0 radical (unpaired) electrons. The van der Waals surface area contributed by atoms with Crippen molar-refractivity contribution in [3.63, 3.8) is 0 Å². The summed E-state index contributed by atoms with van der Waals surface area (Å²) >= 11 is 1.90. The Kier molecular flexibility index (Phi) is 5.18. The monoisotopic (exact) mass is 371 g/mol. The van der Waals surface area contributed by atoms with E-state index in [2.05, 4.69) is 93.6 Å². The molecule has 0 amide bonds. The maximum Gasteiger partial charge on any atom is 0.0990 e. The lowest BCUT2D eigenvalue weighted by molar-refractivity contribution is 0.640. The number of hydrogen-bond acceptors (Lipinski definition) is 2. The third kappa shape index (κ3) is 4.17. The van der Waals surface area contributed by atoms with Crippen molar-refractivity contribution in [2.45, 2.75) is 38.5 Å². The molecule has 2 heteroatoms. The maximum atomic E-state index is 5.15. The molecule has 1 heterocycles. The largest absolute Gasteiger partial charge is 0.270 e. The zero-order chi connectivity index (χ0) is 18.8. The van der Waals surface area contributed by atoms with E-state index in [1.54, 1.807) is 0 Å². The van der Waals surface area contributed by atoms with Gasteiger partial charge in [-0.1, -0.05) is 101 Å². The van der Waals surface area contributed by atoms with Gasteiger partial charge in [0, 0.05) is 10.8 Å². The number of aryl methyl sites for hydroxylation is 3. The van der Waals surface area contributed by atoms with Gasteiger partial charge in [0.15, 0.2) is 0 Å². The Morgan fingerprint density at radius 2 is 1.15 bits per heavy atom. The molecule has 0 N–H and O–H groups in total. The molecule has 3 aromatic rings. The van der Waals surface area contributed by atoms with Crippen molar-refractivity contribution in [1.29, 1.82) is 0 Å². The lowest BCUT2D eigenvalue weighted by atomic mass is 9.97. The van der Waals surface area contributed by atoms with E-state index in [0.29, 0.717) is 5.25 Å². The van der Waals surface area contributed by atoms with Gasteiger partial charge in [0.25, 0.3) is 0 Å². The standard InChI is InChI=1S/C25H25NS/c1-17-4-10-20(11-5-17)23-16-24(21-12-6-18(2)7-13-21)27-25(26-23)22-14-8-19(3)9-15-22/h4-15,23-24H,16H2,1-3H3/t23-,24-/m0/s1. The fraction of sp³-hybridized carbons (Fsp3) is 0.240. The van der Waals surface area contributed by atoms with E-state index in [-0.39, 0.29) is 6.04 Å². The second-order valence-corrected chi connectivity index (χ2v) is 8.67.